The van der Waals surface area contributed by atoms with E-state index in [0.29, 0.717) is 67.9 Å². The largest absolute Gasteiger partial charge is 0.416 e. The molecule has 11 heteroatoms. The molecule has 0 spiro atoms. The van der Waals surface area contributed by atoms with Crippen molar-refractivity contribution >= 4 is 11.7 Å². The summed E-state index contributed by atoms with van der Waals surface area (Å²) in [5.41, 5.74) is -0.118. The summed E-state index contributed by atoms with van der Waals surface area (Å²) in [6.45, 7) is 2.56. The van der Waals surface area contributed by atoms with Gasteiger partial charge in [-0.3, -0.25) is 9.78 Å². The van der Waals surface area contributed by atoms with Crippen molar-refractivity contribution in [2.45, 2.75) is 63.1 Å². The Morgan fingerprint density at radius 2 is 1.65 bits per heavy atom. The van der Waals surface area contributed by atoms with Gasteiger partial charge in [0.1, 0.15) is 11.4 Å². The van der Waals surface area contributed by atoms with Gasteiger partial charge in [0.2, 0.25) is 5.91 Å². The number of piperidine rings is 1. The SMILES string of the molecule is O=C(C1CCN(c2cc(C(F)(F)F)ccn2)CC1)N1CC[C@H](CC2CCC(O)(c3ccc(-c4ncccn4)cn3)CC2)C1. The van der Waals surface area contributed by atoms with E-state index in [0.717, 1.165) is 56.5 Å². The van der Waals surface area contributed by atoms with Crippen LogP contribution in [0.5, 0.6) is 0 Å². The van der Waals surface area contributed by atoms with Crippen molar-refractivity contribution < 1.29 is 23.1 Å². The highest BCUT2D eigenvalue weighted by Crippen LogP contribution is 2.42. The summed E-state index contributed by atoms with van der Waals surface area (Å²) in [5.74, 6) is 1.97. The van der Waals surface area contributed by atoms with Crippen molar-refractivity contribution in [3.8, 4) is 11.4 Å². The monoisotopic (exact) mass is 594 g/mol. The predicted octanol–water partition coefficient (Wildman–Crippen LogP) is 5.49. The molecule has 6 rings (SSSR count). The number of anilines is 1. The Labute approximate surface area is 249 Å². The molecule has 228 valence electrons. The van der Waals surface area contributed by atoms with Crippen molar-refractivity contribution in [2.24, 2.45) is 17.8 Å². The molecular formula is C32H37F3N6O2. The molecule has 1 N–H and O–H groups in total. The summed E-state index contributed by atoms with van der Waals surface area (Å²) < 4.78 is 39.3. The van der Waals surface area contributed by atoms with Gasteiger partial charge in [-0.2, -0.15) is 13.2 Å². The lowest BCUT2D eigenvalue weighted by atomic mass is 9.74. The van der Waals surface area contributed by atoms with E-state index < -0.39 is 17.3 Å². The Balaban J connectivity index is 0.955. The fourth-order valence-electron chi connectivity index (χ4n) is 6.97. The van der Waals surface area contributed by atoms with Crippen molar-refractivity contribution in [3.05, 3.63) is 66.4 Å². The first kappa shape index (κ1) is 29.5. The maximum absolute atomic E-state index is 13.3. The number of carbonyl (C=O) groups is 1. The molecular weight excluding hydrogens is 557 g/mol. The average molecular weight is 595 g/mol. The highest BCUT2D eigenvalue weighted by Gasteiger charge is 2.39. The number of halogens is 3. The van der Waals surface area contributed by atoms with Crippen LogP contribution in [-0.2, 0) is 16.6 Å². The minimum Gasteiger partial charge on any atom is -0.384 e. The third-order valence-corrected chi connectivity index (χ3v) is 9.50. The molecule has 2 saturated heterocycles. The van der Waals surface area contributed by atoms with Crippen molar-refractivity contribution in [1.29, 1.82) is 0 Å². The quantitative estimate of drug-likeness (QED) is 0.404. The van der Waals surface area contributed by atoms with Crippen LogP contribution in [0.15, 0.2) is 55.1 Å². The predicted molar refractivity (Wildman–Crippen MR) is 155 cm³/mol. The van der Waals surface area contributed by atoms with Crippen LogP contribution in [-0.4, -0.2) is 62.0 Å². The van der Waals surface area contributed by atoms with Gasteiger partial charge in [0.05, 0.1) is 11.3 Å². The highest BCUT2D eigenvalue weighted by molar-refractivity contribution is 5.79. The summed E-state index contributed by atoms with van der Waals surface area (Å²) in [4.78, 5) is 34.4. The molecule has 0 bridgehead atoms. The summed E-state index contributed by atoms with van der Waals surface area (Å²) in [5, 5.41) is 11.4. The molecule has 1 amide bonds. The molecule has 8 nitrogen and oxygen atoms in total. The van der Waals surface area contributed by atoms with Gasteiger partial charge in [-0.1, -0.05) is 0 Å². The van der Waals surface area contributed by atoms with Gasteiger partial charge in [-0.15, -0.1) is 0 Å². The molecule has 1 aliphatic carbocycles. The Morgan fingerprint density at radius 1 is 0.907 bits per heavy atom. The van der Waals surface area contributed by atoms with Crippen LogP contribution in [0.25, 0.3) is 11.4 Å². The van der Waals surface area contributed by atoms with Gasteiger partial charge >= 0.3 is 6.18 Å². The maximum atomic E-state index is 13.3. The van der Waals surface area contributed by atoms with Crippen molar-refractivity contribution in [1.82, 2.24) is 24.8 Å². The number of carbonyl (C=O) groups excluding carboxylic acids is 1. The molecule has 3 aromatic rings. The minimum absolute atomic E-state index is 0.0992. The molecule has 0 aromatic carbocycles. The number of amides is 1. The summed E-state index contributed by atoms with van der Waals surface area (Å²) in [6, 6.07) is 7.64. The molecule has 3 fully saturated rings. The second-order valence-corrected chi connectivity index (χ2v) is 12.3. The minimum atomic E-state index is -4.40. The van der Waals surface area contributed by atoms with Crippen LogP contribution < -0.4 is 4.90 Å². The van der Waals surface area contributed by atoms with E-state index in [1.54, 1.807) is 24.7 Å². The number of hydrogen-bond acceptors (Lipinski definition) is 7. The van der Waals surface area contributed by atoms with E-state index in [1.165, 1.54) is 6.20 Å². The van der Waals surface area contributed by atoms with Gasteiger partial charge in [-0.25, -0.2) is 15.0 Å². The number of nitrogens with zero attached hydrogens (tertiary/aromatic N) is 6. The Bertz CT molecular complexity index is 1390. The Hall–Kier alpha value is -3.60. The number of aromatic nitrogens is 4. The smallest absolute Gasteiger partial charge is 0.384 e. The molecule has 3 aromatic heterocycles. The van der Waals surface area contributed by atoms with E-state index in [-0.39, 0.29) is 11.8 Å². The standard InChI is InChI=1S/C32H37F3N6O2/c33-32(34,35)26-6-14-36-28(19-26)40-16-8-24(9-17-40)30(42)41-15-7-23(21-41)18-22-4-10-31(43,11-5-22)27-3-2-25(20-39-27)29-37-12-1-13-38-29/h1-3,6,12-14,19-20,22-24,43H,4-5,7-11,15-18,21H2/t22?,23-,31?/m1/s1. The zero-order chi connectivity index (χ0) is 30.0. The lowest BCUT2D eigenvalue weighted by Gasteiger charge is -2.36. The van der Waals surface area contributed by atoms with E-state index in [2.05, 4.69) is 19.9 Å². The average Bonchev–Trinajstić information content (AvgIpc) is 3.51. The van der Waals surface area contributed by atoms with E-state index >= 15 is 0 Å². The van der Waals surface area contributed by atoms with Crippen LogP contribution in [0.4, 0.5) is 19.0 Å². The fourth-order valence-corrected chi connectivity index (χ4v) is 6.97. The van der Waals surface area contributed by atoms with Crippen LogP contribution in [0, 0.1) is 17.8 Å². The lowest BCUT2D eigenvalue weighted by molar-refractivity contribution is -0.137. The van der Waals surface area contributed by atoms with Gasteiger partial charge < -0.3 is 14.9 Å². The third-order valence-electron chi connectivity index (χ3n) is 9.50. The molecule has 3 aliphatic rings. The molecule has 1 atom stereocenters. The molecule has 1 saturated carbocycles. The van der Waals surface area contributed by atoms with Gasteiger partial charge in [0, 0.05) is 62.4 Å². The second kappa shape index (κ2) is 12.2. The summed E-state index contributed by atoms with van der Waals surface area (Å²) in [7, 11) is 0. The number of pyridine rings is 2. The molecule has 43 heavy (non-hydrogen) atoms. The summed E-state index contributed by atoms with van der Waals surface area (Å²) >= 11 is 0. The van der Waals surface area contributed by atoms with Gasteiger partial charge in [0.25, 0.3) is 0 Å². The van der Waals surface area contributed by atoms with E-state index in [1.807, 2.05) is 21.9 Å². The Morgan fingerprint density at radius 3 is 2.33 bits per heavy atom. The molecule has 0 radical (unpaired) electrons. The normalized spacial score (nSPS) is 25.2. The second-order valence-electron chi connectivity index (χ2n) is 12.3. The molecule has 0 unspecified atom stereocenters. The topological polar surface area (TPSA) is 95.3 Å². The first-order valence-electron chi connectivity index (χ1n) is 15.2. The third kappa shape index (κ3) is 6.66. The first-order chi connectivity index (χ1) is 20.7. The van der Waals surface area contributed by atoms with Crippen LogP contribution in [0.3, 0.4) is 0 Å². The fraction of sp³-hybridized carbons (Fsp3) is 0.531. The van der Waals surface area contributed by atoms with Crippen molar-refractivity contribution in [3.63, 3.8) is 0 Å². The number of alkyl halides is 3. The first-order valence-corrected chi connectivity index (χ1v) is 15.2. The van der Waals surface area contributed by atoms with Gasteiger partial charge in [0.15, 0.2) is 5.82 Å². The Kier molecular flexibility index (Phi) is 8.35. The summed E-state index contributed by atoms with van der Waals surface area (Å²) in [6.07, 6.45) is 8.37. The molecule has 5 heterocycles. The van der Waals surface area contributed by atoms with E-state index in [4.69, 9.17) is 0 Å². The molecule has 2 aliphatic heterocycles. The number of hydrogen-bond donors (Lipinski definition) is 1. The maximum Gasteiger partial charge on any atom is 0.416 e. The zero-order valence-corrected chi connectivity index (χ0v) is 24.1. The number of aliphatic hydroxyl groups is 1. The van der Waals surface area contributed by atoms with Crippen LogP contribution in [0.1, 0.15) is 62.6 Å². The van der Waals surface area contributed by atoms with E-state index in [9.17, 15) is 23.1 Å². The van der Waals surface area contributed by atoms with Crippen molar-refractivity contribution in [2.75, 3.05) is 31.1 Å². The number of likely N-dealkylation sites (tertiary alicyclic amines) is 1. The van der Waals surface area contributed by atoms with Crippen LogP contribution in [0.2, 0.25) is 0 Å². The van der Waals surface area contributed by atoms with Crippen LogP contribution >= 0.6 is 0 Å². The number of rotatable bonds is 6. The highest BCUT2D eigenvalue weighted by atomic mass is 19.4. The van der Waals surface area contributed by atoms with Gasteiger partial charge in [-0.05, 0) is 93.5 Å². The lowest BCUT2D eigenvalue weighted by Crippen LogP contribution is -2.42. The zero-order valence-electron chi connectivity index (χ0n) is 24.1.